The van der Waals surface area contributed by atoms with Crippen molar-refractivity contribution in [3.8, 4) is 5.75 Å². The summed E-state index contributed by atoms with van der Waals surface area (Å²) in [6.07, 6.45) is 7.96. The molecule has 8 rings (SSSR count). The second-order valence-electron chi connectivity index (χ2n) is 12.6. The molecule has 4 unspecified atom stereocenters. The first-order valence-corrected chi connectivity index (χ1v) is 15.7. The highest BCUT2D eigenvalue weighted by atomic mass is 35.5. The highest BCUT2D eigenvalue weighted by Gasteiger charge is 2.75. The van der Waals surface area contributed by atoms with Crippen LogP contribution in [0, 0.1) is 11.8 Å². The minimum absolute atomic E-state index is 0.0214. The van der Waals surface area contributed by atoms with E-state index in [-0.39, 0.29) is 22.6 Å². The molecule has 3 aromatic carbocycles. The smallest absolute Gasteiger partial charge is 0.323 e. The standard InChI is InChI=1S/C36H36ClNO5/c1-38-30-16-7-5-13-26(30)33(27-14-6-8-17-31(27)38)34(39)41-32-21-24(18-19-29(32)37)36(40-2)35(42-43-36)23-11-9-15-28(35)25-12-4-3-10-22(25)20-23/h5-8,13-14,16-19,21,23,28,33H,3-4,9-12,15,20H2,1-2H3/i2D3. The summed E-state index contributed by atoms with van der Waals surface area (Å²) in [5.74, 6) is -2.82. The summed E-state index contributed by atoms with van der Waals surface area (Å²) in [7, 11) is -0.808. The molecule has 0 amide bonds. The average molecular weight is 601 g/mol. The number of anilines is 2. The number of benzene rings is 3. The van der Waals surface area contributed by atoms with Crippen molar-refractivity contribution >= 4 is 28.9 Å². The minimum Gasteiger partial charge on any atom is -0.424 e. The Morgan fingerprint density at radius 1 is 0.977 bits per heavy atom. The van der Waals surface area contributed by atoms with Gasteiger partial charge in [0.05, 0.1) is 9.13 Å². The van der Waals surface area contributed by atoms with Crippen LogP contribution >= 0.6 is 11.6 Å². The zero-order valence-corrected chi connectivity index (χ0v) is 24.9. The molecule has 4 atom stereocenters. The van der Waals surface area contributed by atoms with Crippen LogP contribution < -0.4 is 9.64 Å². The van der Waals surface area contributed by atoms with Crippen LogP contribution in [0.2, 0.25) is 5.02 Å². The molecule has 7 heteroatoms. The first kappa shape index (κ1) is 24.2. The number of rotatable bonds is 4. The van der Waals surface area contributed by atoms with Crippen molar-refractivity contribution in [1.29, 1.82) is 0 Å². The second-order valence-corrected chi connectivity index (χ2v) is 13.0. The van der Waals surface area contributed by atoms with Crippen molar-refractivity contribution in [3.05, 3.63) is 99.6 Å². The lowest BCUT2D eigenvalue weighted by atomic mass is 9.53. The van der Waals surface area contributed by atoms with E-state index in [0.29, 0.717) is 5.56 Å². The number of halogens is 1. The highest BCUT2D eigenvalue weighted by Crippen LogP contribution is 2.67. The van der Waals surface area contributed by atoms with Crippen LogP contribution in [0.4, 0.5) is 11.4 Å². The van der Waals surface area contributed by atoms with Gasteiger partial charge in [-0.25, -0.2) is 4.89 Å². The topological polar surface area (TPSA) is 57.2 Å². The number of ether oxygens (including phenoxy) is 2. The zero-order valence-electron chi connectivity index (χ0n) is 27.1. The van der Waals surface area contributed by atoms with Crippen molar-refractivity contribution in [2.24, 2.45) is 11.8 Å². The van der Waals surface area contributed by atoms with E-state index in [2.05, 4.69) is 4.90 Å². The van der Waals surface area contributed by atoms with Crippen LogP contribution in [-0.4, -0.2) is 25.7 Å². The van der Waals surface area contributed by atoms with Gasteiger partial charge in [0, 0.05) is 42.9 Å². The number of para-hydroxylation sites is 2. The van der Waals surface area contributed by atoms with E-state index in [1.165, 1.54) is 17.6 Å². The third-order valence-electron chi connectivity index (χ3n) is 10.6. The largest absolute Gasteiger partial charge is 0.424 e. The molecule has 0 aromatic heterocycles. The summed E-state index contributed by atoms with van der Waals surface area (Å²) in [4.78, 5) is 28.3. The summed E-state index contributed by atoms with van der Waals surface area (Å²) < 4.78 is 36.8. The van der Waals surface area contributed by atoms with Crippen LogP contribution in [-0.2, 0) is 25.1 Å². The number of fused-ring (bicyclic) bond motifs is 3. The van der Waals surface area contributed by atoms with Gasteiger partial charge in [-0.15, -0.1) is 0 Å². The van der Waals surface area contributed by atoms with Crippen molar-refractivity contribution in [2.75, 3.05) is 19.0 Å². The second kappa shape index (κ2) is 10.2. The summed E-state index contributed by atoms with van der Waals surface area (Å²) in [5.41, 5.74) is 5.73. The van der Waals surface area contributed by atoms with Gasteiger partial charge in [0.2, 0.25) is 0 Å². The molecule has 6 nitrogen and oxygen atoms in total. The van der Waals surface area contributed by atoms with Crippen molar-refractivity contribution in [1.82, 2.24) is 0 Å². The highest BCUT2D eigenvalue weighted by molar-refractivity contribution is 6.32. The van der Waals surface area contributed by atoms with E-state index in [1.807, 2.05) is 55.6 Å². The quantitative estimate of drug-likeness (QED) is 0.130. The maximum atomic E-state index is 14.2. The molecule has 3 aliphatic carbocycles. The van der Waals surface area contributed by atoms with E-state index >= 15 is 0 Å². The Labute approximate surface area is 261 Å². The molecule has 2 bridgehead atoms. The third kappa shape index (κ3) is 3.80. The lowest BCUT2D eigenvalue weighted by molar-refractivity contribution is -0.639. The lowest BCUT2D eigenvalue weighted by Crippen LogP contribution is -2.74. The number of esters is 1. The summed E-state index contributed by atoms with van der Waals surface area (Å²) in [6.45, 7) is 0. The number of allylic oxidation sites excluding steroid dienone is 1. The molecule has 1 spiro atoms. The maximum absolute atomic E-state index is 14.2. The van der Waals surface area contributed by atoms with Gasteiger partial charge in [-0.2, -0.15) is 4.89 Å². The van der Waals surface area contributed by atoms with Crippen LogP contribution in [0.5, 0.6) is 5.75 Å². The molecule has 1 saturated carbocycles. The Hall–Kier alpha value is -3.16. The fourth-order valence-corrected chi connectivity index (χ4v) is 8.91. The Morgan fingerprint density at radius 3 is 2.44 bits per heavy atom. The third-order valence-corrected chi connectivity index (χ3v) is 11.0. The van der Waals surface area contributed by atoms with Crippen molar-refractivity contribution in [2.45, 2.75) is 68.7 Å². The zero-order chi connectivity index (χ0) is 31.8. The predicted octanol–water partition coefficient (Wildman–Crippen LogP) is 8.35. The van der Waals surface area contributed by atoms with Crippen LogP contribution in [0.1, 0.15) is 78.1 Å². The van der Waals surface area contributed by atoms with Gasteiger partial charge in [-0.05, 0) is 80.3 Å². The monoisotopic (exact) mass is 600 g/mol. The van der Waals surface area contributed by atoms with Gasteiger partial charge in [0.1, 0.15) is 11.7 Å². The van der Waals surface area contributed by atoms with Crippen molar-refractivity contribution in [3.63, 3.8) is 0 Å². The van der Waals surface area contributed by atoms with Gasteiger partial charge < -0.3 is 14.4 Å². The Bertz CT molecular complexity index is 1710. The fourth-order valence-electron chi connectivity index (χ4n) is 8.76. The fraction of sp³-hybridized carbons (Fsp3) is 0.417. The van der Waals surface area contributed by atoms with Gasteiger partial charge >= 0.3 is 5.97 Å². The Morgan fingerprint density at radius 2 is 1.72 bits per heavy atom. The van der Waals surface area contributed by atoms with Gasteiger partial charge in [-0.3, -0.25) is 4.79 Å². The van der Waals surface area contributed by atoms with Gasteiger partial charge in [0.25, 0.3) is 5.79 Å². The van der Waals surface area contributed by atoms with E-state index < -0.39 is 30.3 Å². The van der Waals surface area contributed by atoms with E-state index in [1.54, 1.807) is 18.2 Å². The van der Waals surface area contributed by atoms with Crippen LogP contribution in [0.25, 0.3) is 0 Å². The maximum Gasteiger partial charge on any atom is 0.323 e. The molecule has 3 aromatic rings. The van der Waals surface area contributed by atoms with E-state index in [4.69, 9.17) is 35.0 Å². The predicted molar refractivity (Wildman–Crippen MR) is 164 cm³/mol. The first-order chi connectivity index (χ1) is 22.1. The number of hydrogen-bond acceptors (Lipinski definition) is 6. The number of nitrogens with zero attached hydrogens (tertiary/aromatic N) is 1. The Balaban J connectivity index is 1.20. The van der Waals surface area contributed by atoms with Crippen molar-refractivity contribution < 1.29 is 28.2 Å². The number of methoxy groups -OCH3 is 1. The number of carbonyl (C=O) groups excluding carboxylic acids is 1. The molecule has 1 saturated heterocycles. The molecule has 5 aliphatic rings. The summed E-state index contributed by atoms with van der Waals surface area (Å²) in [6, 6.07) is 20.5. The Kier molecular flexibility index (Phi) is 5.74. The SMILES string of the molecule is [2H]C([2H])([2H])OC1(c2ccc(Cl)c(OC(=O)C3c4ccccc4N(C)c4ccccc43)c2)OOC12C1CCCC2C2=C(CCCC2)C1. The normalized spacial score (nSPS) is 30.7. The molecular weight excluding hydrogens is 562 g/mol. The van der Waals surface area contributed by atoms with Crippen LogP contribution in [0.3, 0.4) is 0 Å². The summed E-state index contributed by atoms with van der Waals surface area (Å²) in [5, 5.41) is 0.214. The van der Waals surface area contributed by atoms with Gasteiger partial charge in [0.15, 0.2) is 5.60 Å². The average Bonchev–Trinajstić information content (AvgIpc) is 3.03. The van der Waals surface area contributed by atoms with Gasteiger partial charge in [-0.1, -0.05) is 71.6 Å². The van der Waals surface area contributed by atoms with E-state index in [0.717, 1.165) is 67.4 Å². The first-order valence-electron chi connectivity index (χ1n) is 16.8. The molecular formula is C36H36ClNO5. The number of hydrogen-bond donors (Lipinski definition) is 0. The molecule has 0 N–H and O–H groups in total. The molecule has 2 heterocycles. The van der Waals surface area contributed by atoms with E-state index in [9.17, 15) is 4.79 Å². The minimum atomic E-state index is -2.79. The molecule has 2 fully saturated rings. The number of carbonyl (C=O) groups is 1. The summed E-state index contributed by atoms with van der Waals surface area (Å²) >= 11 is 6.69. The molecule has 0 radical (unpaired) electrons. The molecule has 43 heavy (non-hydrogen) atoms. The molecule has 222 valence electrons. The molecule has 2 aliphatic heterocycles. The van der Waals surface area contributed by atoms with Crippen LogP contribution in [0.15, 0.2) is 77.9 Å². The lowest BCUT2D eigenvalue weighted by Gasteiger charge is -2.65.